The van der Waals surface area contributed by atoms with Crippen LogP contribution < -0.4 is 15.3 Å². The SMILES string of the molecule is Cc1ccc(N2C(=O)/C(=C\c3ccc(-c4ccccc4C(=O)[O-])o3)C(=O)NC2=S)cc1. The zero-order valence-electron chi connectivity index (χ0n) is 16.2. The van der Waals surface area contributed by atoms with Gasteiger partial charge in [-0.15, -0.1) is 0 Å². The van der Waals surface area contributed by atoms with E-state index in [1.807, 2.05) is 19.1 Å². The Hall–Kier alpha value is -4.04. The summed E-state index contributed by atoms with van der Waals surface area (Å²) in [4.78, 5) is 38.0. The van der Waals surface area contributed by atoms with Gasteiger partial charge >= 0.3 is 0 Å². The summed E-state index contributed by atoms with van der Waals surface area (Å²) in [5.41, 5.74) is 1.67. The summed E-state index contributed by atoms with van der Waals surface area (Å²) < 4.78 is 5.69. The van der Waals surface area contributed by atoms with Crippen molar-refractivity contribution in [3.05, 3.63) is 83.1 Å². The number of nitrogens with zero attached hydrogens (tertiary/aromatic N) is 1. The average Bonchev–Trinajstić information content (AvgIpc) is 3.21. The highest BCUT2D eigenvalue weighted by Gasteiger charge is 2.34. The molecule has 7 nitrogen and oxygen atoms in total. The molecule has 2 aromatic carbocycles. The Bertz CT molecular complexity index is 1260. The second-order valence-electron chi connectivity index (χ2n) is 6.83. The van der Waals surface area contributed by atoms with Crippen molar-refractivity contribution >= 4 is 46.9 Å². The van der Waals surface area contributed by atoms with Gasteiger partial charge in [0.15, 0.2) is 5.11 Å². The third-order valence-corrected chi connectivity index (χ3v) is 5.00. The summed E-state index contributed by atoms with van der Waals surface area (Å²) >= 11 is 5.18. The van der Waals surface area contributed by atoms with Crippen molar-refractivity contribution < 1.29 is 23.9 Å². The molecule has 1 aliphatic rings. The maximum Gasteiger partial charge on any atom is 0.270 e. The summed E-state index contributed by atoms with van der Waals surface area (Å²) in [6, 6.07) is 16.5. The fourth-order valence-electron chi connectivity index (χ4n) is 3.18. The number of carbonyl (C=O) groups excluding carboxylic acids is 3. The van der Waals surface area contributed by atoms with Crippen LogP contribution in [0.4, 0.5) is 5.69 Å². The van der Waals surface area contributed by atoms with Crippen LogP contribution in [0.1, 0.15) is 21.7 Å². The Morgan fingerprint density at radius 3 is 2.48 bits per heavy atom. The average molecular weight is 431 g/mol. The van der Waals surface area contributed by atoms with E-state index in [9.17, 15) is 19.5 Å². The van der Waals surface area contributed by atoms with E-state index in [1.165, 1.54) is 23.1 Å². The molecule has 1 saturated heterocycles. The molecular weight excluding hydrogens is 416 g/mol. The predicted molar refractivity (Wildman–Crippen MR) is 116 cm³/mol. The molecule has 0 atom stereocenters. The number of carboxylic acids is 1. The van der Waals surface area contributed by atoms with Crippen molar-refractivity contribution in [2.75, 3.05) is 4.90 Å². The van der Waals surface area contributed by atoms with Crippen LogP contribution >= 0.6 is 12.2 Å². The van der Waals surface area contributed by atoms with E-state index in [0.717, 1.165) is 5.56 Å². The molecule has 2 amide bonds. The Morgan fingerprint density at radius 1 is 1.06 bits per heavy atom. The van der Waals surface area contributed by atoms with Crippen molar-refractivity contribution in [1.82, 2.24) is 5.32 Å². The van der Waals surface area contributed by atoms with Gasteiger partial charge in [-0.2, -0.15) is 0 Å². The third kappa shape index (κ3) is 3.88. The van der Waals surface area contributed by atoms with Crippen molar-refractivity contribution in [2.45, 2.75) is 6.92 Å². The van der Waals surface area contributed by atoms with Crippen molar-refractivity contribution in [3.8, 4) is 11.3 Å². The van der Waals surface area contributed by atoms with Crippen molar-refractivity contribution in [1.29, 1.82) is 0 Å². The summed E-state index contributed by atoms with van der Waals surface area (Å²) in [6.07, 6.45) is 1.30. The number of aromatic carboxylic acids is 1. The van der Waals surface area contributed by atoms with Gasteiger partial charge in [0.05, 0.1) is 11.7 Å². The van der Waals surface area contributed by atoms with Crippen LogP contribution in [0.2, 0.25) is 0 Å². The highest BCUT2D eigenvalue weighted by Crippen LogP contribution is 2.28. The molecule has 31 heavy (non-hydrogen) atoms. The molecule has 154 valence electrons. The van der Waals surface area contributed by atoms with Gasteiger partial charge in [0.25, 0.3) is 11.8 Å². The van der Waals surface area contributed by atoms with Gasteiger partial charge in [-0.25, -0.2) is 0 Å². The van der Waals surface area contributed by atoms with Crippen LogP contribution in [0, 0.1) is 6.92 Å². The summed E-state index contributed by atoms with van der Waals surface area (Å²) in [6.45, 7) is 1.92. The van der Waals surface area contributed by atoms with Gasteiger partial charge in [-0.1, -0.05) is 42.0 Å². The zero-order valence-corrected chi connectivity index (χ0v) is 17.1. The minimum absolute atomic E-state index is 0.0148. The van der Waals surface area contributed by atoms with Gasteiger partial charge in [0.1, 0.15) is 17.1 Å². The first-order valence-electron chi connectivity index (χ1n) is 9.24. The van der Waals surface area contributed by atoms with Crippen LogP contribution in [-0.2, 0) is 9.59 Å². The van der Waals surface area contributed by atoms with E-state index in [2.05, 4.69) is 5.32 Å². The molecule has 0 radical (unpaired) electrons. The van der Waals surface area contributed by atoms with E-state index in [1.54, 1.807) is 36.4 Å². The Balaban J connectivity index is 1.69. The monoisotopic (exact) mass is 431 g/mol. The molecule has 4 rings (SSSR count). The van der Waals surface area contributed by atoms with Crippen LogP contribution in [0.5, 0.6) is 0 Å². The standard InChI is InChI=1S/C23H16N2O5S/c1-13-6-8-14(9-7-13)25-21(27)18(20(26)24-23(25)31)12-15-10-11-19(30-15)16-4-2-3-5-17(16)22(28)29/h2-12H,1H3,(H,28,29)(H,24,26,31)/p-1/b18-12-. The summed E-state index contributed by atoms with van der Waals surface area (Å²) in [5, 5.41) is 13.8. The fraction of sp³-hybridized carbons (Fsp3) is 0.0435. The molecule has 1 fully saturated rings. The summed E-state index contributed by atoms with van der Waals surface area (Å²) in [5.74, 6) is -2.10. The molecular formula is C23H15N2O5S-. The quantitative estimate of drug-likeness (QED) is 0.387. The highest BCUT2D eigenvalue weighted by atomic mass is 32.1. The number of thiocarbonyl (C=S) groups is 1. The topological polar surface area (TPSA) is 103 Å². The lowest BCUT2D eigenvalue weighted by molar-refractivity contribution is -0.255. The number of furan rings is 1. The van der Waals surface area contributed by atoms with Gasteiger partial charge in [-0.3, -0.25) is 19.8 Å². The lowest BCUT2D eigenvalue weighted by Crippen LogP contribution is -2.54. The molecule has 0 aliphatic carbocycles. The number of hydrogen-bond acceptors (Lipinski definition) is 6. The molecule has 1 aliphatic heterocycles. The Kier molecular flexibility index (Phi) is 5.22. The third-order valence-electron chi connectivity index (χ3n) is 4.72. The zero-order chi connectivity index (χ0) is 22.1. The van der Waals surface area contributed by atoms with E-state index >= 15 is 0 Å². The minimum atomic E-state index is -1.34. The molecule has 3 aromatic rings. The van der Waals surface area contributed by atoms with E-state index in [-0.39, 0.29) is 27.8 Å². The highest BCUT2D eigenvalue weighted by molar-refractivity contribution is 7.80. The fourth-order valence-corrected chi connectivity index (χ4v) is 3.46. The maximum absolute atomic E-state index is 13.0. The van der Waals surface area contributed by atoms with E-state index in [0.29, 0.717) is 11.3 Å². The molecule has 2 heterocycles. The molecule has 0 saturated carbocycles. The van der Waals surface area contributed by atoms with E-state index in [4.69, 9.17) is 16.6 Å². The number of nitrogens with one attached hydrogen (secondary N) is 1. The lowest BCUT2D eigenvalue weighted by atomic mass is 10.1. The molecule has 1 aromatic heterocycles. The van der Waals surface area contributed by atoms with Gasteiger partial charge in [0, 0.05) is 11.1 Å². The van der Waals surface area contributed by atoms with E-state index < -0.39 is 17.8 Å². The molecule has 0 spiro atoms. The normalized spacial score (nSPS) is 15.3. The van der Waals surface area contributed by atoms with Crippen molar-refractivity contribution in [3.63, 3.8) is 0 Å². The largest absolute Gasteiger partial charge is 0.545 e. The molecule has 0 bridgehead atoms. The Labute approximate surface area is 182 Å². The predicted octanol–water partition coefficient (Wildman–Crippen LogP) is 2.45. The number of rotatable bonds is 4. The number of carboxylic acid groups (broad SMARTS) is 1. The molecule has 0 unspecified atom stereocenters. The van der Waals surface area contributed by atoms with Gasteiger partial charge in [-0.05, 0) is 49.5 Å². The molecule has 8 heteroatoms. The van der Waals surface area contributed by atoms with Crippen LogP contribution in [0.3, 0.4) is 0 Å². The van der Waals surface area contributed by atoms with Gasteiger partial charge in [0.2, 0.25) is 0 Å². The second kappa shape index (κ2) is 8.00. The van der Waals surface area contributed by atoms with Crippen LogP contribution in [-0.4, -0.2) is 22.9 Å². The Morgan fingerprint density at radius 2 is 1.77 bits per heavy atom. The molecule has 1 N–H and O–H groups in total. The first-order chi connectivity index (χ1) is 14.8. The number of aryl methyl sites for hydroxylation is 1. The van der Waals surface area contributed by atoms with Crippen LogP contribution in [0.15, 0.2) is 70.7 Å². The maximum atomic E-state index is 13.0. The second-order valence-corrected chi connectivity index (χ2v) is 7.22. The number of anilines is 1. The first kappa shape index (κ1) is 20.2. The van der Waals surface area contributed by atoms with Gasteiger partial charge < -0.3 is 14.3 Å². The number of benzene rings is 2. The van der Waals surface area contributed by atoms with Crippen LogP contribution in [0.25, 0.3) is 17.4 Å². The lowest BCUT2D eigenvalue weighted by Gasteiger charge is -2.28. The number of carbonyl (C=O) groups is 3. The summed E-state index contributed by atoms with van der Waals surface area (Å²) in [7, 11) is 0. The first-order valence-corrected chi connectivity index (χ1v) is 9.64. The minimum Gasteiger partial charge on any atom is -0.545 e. The smallest absolute Gasteiger partial charge is 0.270 e. The number of amides is 2. The van der Waals surface area contributed by atoms with Crippen molar-refractivity contribution in [2.24, 2.45) is 0 Å². The number of hydrogen-bond donors (Lipinski definition) is 1.